The monoisotopic (exact) mass is 1780 g/mol. The van der Waals surface area contributed by atoms with Crippen molar-refractivity contribution < 1.29 is 134 Å². The number of alkyl carbamates (subject to hydrolysis) is 1. The fourth-order valence-electron chi connectivity index (χ4n) is 12.5. The van der Waals surface area contributed by atoms with Crippen molar-refractivity contribution in [2.75, 3.05) is 60.4 Å². The molecule has 0 radical (unpaired) electrons. The van der Waals surface area contributed by atoms with Gasteiger partial charge in [0.15, 0.2) is 5.78 Å². The van der Waals surface area contributed by atoms with E-state index in [2.05, 4.69) is 91.1 Å². The second-order valence-electron chi connectivity index (χ2n) is 30.6. The summed E-state index contributed by atoms with van der Waals surface area (Å²) in [5.41, 5.74) is 11.6. The summed E-state index contributed by atoms with van der Waals surface area (Å²) in [5, 5.41) is 43.2. The Morgan fingerprint density at radius 1 is 0.556 bits per heavy atom. The number of rotatable bonds is 36. The number of carbonyl (C=O) groups excluding carboxylic acids is 21. The lowest BCUT2D eigenvalue weighted by Gasteiger charge is -2.30. The van der Waals surface area contributed by atoms with Crippen molar-refractivity contribution in [2.45, 2.75) is 236 Å². The number of Topliss-reactive ketones (excluding diaryl/α,β-unsaturated/α-hetero) is 1. The number of ether oxygens (including phenoxy) is 6. The molecule has 126 heavy (non-hydrogen) atoms. The number of hydrogen-bond donors (Lipinski definition) is 18. The molecule has 0 saturated carbocycles. The second kappa shape index (κ2) is 52.9. The summed E-state index contributed by atoms with van der Waals surface area (Å²) in [6, 6.07) is -9.80. The predicted octanol–water partition coefficient (Wildman–Crippen LogP) is -3.70. The second-order valence-corrected chi connectivity index (χ2v) is 30.6. The molecule has 1 aliphatic heterocycles. The molecule has 45 nitrogen and oxygen atoms in total. The maximum Gasteiger partial charge on any atom is 0.407 e. The number of unbranched alkanes of at least 4 members (excludes halogenated alkanes) is 6. The number of cyclic esters (lactones) is 1. The molecule has 2 aromatic carbocycles. The van der Waals surface area contributed by atoms with E-state index in [4.69, 9.17) is 35.2 Å². The number of amides is 15. The standard InChI is InChI=1S/C81H117N17O28/c1-12-13-14-15-16-17-18-29-60(102)90-51(32-45-38-85-49-27-22-20-24-46(45)49)73(113)93-52(34-59(83)101)74(114)95-55(37-66(108)124-11)75(115)98-68-44(4)125-79(119)56(33-58(100)47-25-19-21-26-48(47)82)96-78(118)67(42(2)31-63(105)121-8)97-76(116)57(41-99)91-62(104)39-86-70(110)53(35-64(106)122-9)92-69(109)43(3)88-72(112)54(36-65(107)123-10)94-71(111)50(89-61(103)40-87-77(68)117)28-23-30-84-80(120)126-81(5,6)7/h19-22,24-27,38,42-44,50-57,67-68,85,99H,12-18,23,28-37,39-41,82H2,1-11H3,(H2,83,101)(H,84,120)(H,86,110)(H,87,117)(H,88,112)(H,89,103)(H,90,102)(H,91,104)(H,92,109)(H,93,113)(H,94,111)(H,95,114)(H,96,118)(H,97,116)(H,98,115)/t42-,43-,44-,50+,51+,52-,53+,54+,55+,56+,57-,67+,68+/m1/s1. The number of aliphatic hydroxyl groups is 1. The lowest BCUT2D eigenvalue weighted by molar-refractivity contribution is -0.156. The van der Waals surface area contributed by atoms with Crippen LogP contribution in [0.5, 0.6) is 0 Å². The maximum absolute atomic E-state index is 15.1. The Kier molecular flexibility index (Phi) is 44.1. The number of aliphatic hydroxyl groups excluding tert-OH is 1. The van der Waals surface area contributed by atoms with Crippen LogP contribution >= 0.6 is 0 Å². The Morgan fingerprint density at radius 2 is 1.09 bits per heavy atom. The van der Waals surface area contributed by atoms with E-state index in [9.17, 15) is 91.4 Å². The maximum atomic E-state index is 15.1. The van der Waals surface area contributed by atoms with E-state index in [-0.39, 0.29) is 37.1 Å². The van der Waals surface area contributed by atoms with Crippen LogP contribution in [0.25, 0.3) is 10.9 Å². The molecule has 4 rings (SSSR count). The molecule has 15 amide bonds. The van der Waals surface area contributed by atoms with Gasteiger partial charge in [-0.25, -0.2) is 9.59 Å². The highest BCUT2D eigenvalue weighted by Crippen LogP contribution is 2.22. The summed E-state index contributed by atoms with van der Waals surface area (Å²) in [5.74, 6) is -26.4. The van der Waals surface area contributed by atoms with Gasteiger partial charge in [0.25, 0.3) is 0 Å². The van der Waals surface area contributed by atoms with Crippen LogP contribution in [0, 0.1) is 5.92 Å². The summed E-state index contributed by atoms with van der Waals surface area (Å²) >= 11 is 0. The molecular formula is C81H117N17O28. The molecule has 1 saturated heterocycles. The van der Waals surface area contributed by atoms with Crippen molar-refractivity contribution in [1.82, 2.24) is 79.4 Å². The number of benzene rings is 2. The molecule has 13 atom stereocenters. The minimum atomic E-state index is -2.42. The smallest absolute Gasteiger partial charge is 0.407 e. The number of nitrogen functional groups attached to an aromatic ring is 1. The number of aromatic nitrogens is 1. The number of hydrogen-bond acceptors (Lipinski definition) is 29. The number of anilines is 1. The minimum Gasteiger partial charge on any atom is -0.469 e. The SMILES string of the molecule is CCCCCCCCCC(=O)N[C@@H](Cc1c[nH]c2ccccc12)C(=O)N[C@H](CC(N)=O)C(=O)N[C@@H](CC(=O)OC)C(=O)N[C@@H]1C(=O)NCC(=O)N[C@@H](CCCNC(=O)OC(C)(C)C)C(=O)N[C@@H](CC(=O)OC)C(=O)N[C@H](C)C(=O)N[C@@H](CC(=O)OC)C(=O)NCC(=O)N[C@H](CO)C(=O)N[C@@H]([C@H](C)CC(=O)OC)C(=O)N[C@@H](CC(=O)c2ccccc2N)C(=O)O[C@@H]1C. The average molecular weight is 1780 g/mol. The van der Waals surface area contributed by atoms with Gasteiger partial charge in [-0.2, -0.15) is 0 Å². The molecule has 2 heterocycles. The molecule has 0 aliphatic carbocycles. The third-order valence-electron chi connectivity index (χ3n) is 19.4. The number of methoxy groups -OCH3 is 4. The molecule has 1 aliphatic rings. The summed E-state index contributed by atoms with van der Waals surface area (Å²) < 4.78 is 30.2. The van der Waals surface area contributed by atoms with Crippen LogP contribution in [0.4, 0.5) is 10.5 Å². The van der Waals surface area contributed by atoms with Gasteiger partial charge in [-0.05, 0) is 83.6 Å². The van der Waals surface area contributed by atoms with Crippen LogP contribution in [0.3, 0.4) is 0 Å². The van der Waals surface area contributed by atoms with Gasteiger partial charge in [0.05, 0.1) is 80.2 Å². The van der Waals surface area contributed by atoms with Gasteiger partial charge in [0.2, 0.25) is 82.7 Å². The third-order valence-corrected chi connectivity index (χ3v) is 19.4. The predicted molar refractivity (Wildman–Crippen MR) is 443 cm³/mol. The highest BCUT2D eigenvalue weighted by atomic mass is 16.6. The average Bonchev–Trinajstić information content (AvgIpc) is 1.48. The zero-order valence-corrected chi connectivity index (χ0v) is 72.2. The number of para-hydroxylation sites is 2. The Bertz CT molecular complexity index is 4380. The number of esters is 5. The molecule has 20 N–H and O–H groups in total. The van der Waals surface area contributed by atoms with Gasteiger partial charge in [0, 0.05) is 54.2 Å². The first kappa shape index (κ1) is 105. The van der Waals surface area contributed by atoms with Gasteiger partial charge in [-0.3, -0.25) is 91.1 Å². The van der Waals surface area contributed by atoms with Crippen LogP contribution in [-0.2, 0) is 126 Å². The fraction of sp³-hybridized carbons (Fsp3) is 0.568. The van der Waals surface area contributed by atoms with Crippen LogP contribution in [0.2, 0.25) is 0 Å². The van der Waals surface area contributed by atoms with Gasteiger partial charge >= 0.3 is 35.9 Å². The van der Waals surface area contributed by atoms with E-state index in [0.29, 0.717) is 29.3 Å². The minimum absolute atomic E-state index is 0.00858. The lowest BCUT2D eigenvalue weighted by Crippen LogP contribution is -2.62. The zero-order chi connectivity index (χ0) is 94.1. The third kappa shape index (κ3) is 36.6. The number of H-pyrrole nitrogens is 1. The highest BCUT2D eigenvalue weighted by Gasteiger charge is 2.42. The van der Waals surface area contributed by atoms with Gasteiger partial charge in [-0.1, -0.05) is 82.7 Å². The molecule has 45 heteroatoms. The Morgan fingerprint density at radius 3 is 1.69 bits per heavy atom. The molecule has 0 spiro atoms. The van der Waals surface area contributed by atoms with E-state index >= 15 is 14.4 Å². The molecular weight excluding hydrogens is 1660 g/mol. The molecule has 1 fully saturated rings. The Balaban J connectivity index is 1.96. The number of nitrogens with two attached hydrogens (primary N) is 2. The zero-order valence-electron chi connectivity index (χ0n) is 72.2. The van der Waals surface area contributed by atoms with Crippen molar-refractivity contribution in [1.29, 1.82) is 0 Å². The van der Waals surface area contributed by atoms with Gasteiger partial charge in [0.1, 0.15) is 78.2 Å². The van der Waals surface area contributed by atoms with Crippen molar-refractivity contribution in [3.63, 3.8) is 0 Å². The van der Waals surface area contributed by atoms with Crippen LogP contribution in [0.1, 0.15) is 167 Å². The number of aromatic amines is 1. The summed E-state index contributed by atoms with van der Waals surface area (Å²) in [4.78, 5) is 297. The lowest BCUT2D eigenvalue weighted by atomic mass is 9.95. The number of nitrogens with one attached hydrogen (secondary N) is 15. The quantitative estimate of drug-likeness (QED) is 0.00876. The number of carbonyl (C=O) groups is 21. The van der Waals surface area contributed by atoms with Crippen molar-refractivity contribution in [3.8, 4) is 0 Å². The Hall–Kier alpha value is -13.4. The molecule has 694 valence electrons. The van der Waals surface area contributed by atoms with Crippen LogP contribution in [-0.4, -0.2) is 267 Å². The fourth-order valence-corrected chi connectivity index (χ4v) is 12.5. The number of fused-ring (bicyclic) bond motifs is 1. The van der Waals surface area contributed by atoms with Gasteiger partial charge < -0.3 is 124 Å². The van der Waals surface area contributed by atoms with Crippen molar-refractivity contribution >= 4 is 141 Å². The van der Waals surface area contributed by atoms with E-state index in [1.807, 2.05) is 0 Å². The first-order valence-electron chi connectivity index (χ1n) is 40.7. The molecule has 0 unspecified atom stereocenters. The Labute approximate surface area is 725 Å². The van der Waals surface area contributed by atoms with E-state index in [1.165, 1.54) is 31.2 Å². The molecule has 3 aromatic rings. The largest absolute Gasteiger partial charge is 0.469 e. The topological polar surface area (TPSA) is 670 Å². The van der Waals surface area contributed by atoms with E-state index in [1.54, 1.807) is 51.2 Å². The normalized spacial score (nSPS) is 20.3. The van der Waals surface area contributed by atoms with Crippen LogP contribution < -0.4 is 85.9 Å². The summed E-state index contributed by atoms with van der Waals surface area (Å²) in [6.07, 6.45) is -2.31. The molecule has 0 bridgehead atoms. The first-order chi connectivity index (χ1) is 59.5. The summed E-state index contributed by atoms with van der Waals surface area (Å²) in [7, 11) is 3.67. The van der Waals surface area contributed by atoms with Crippen molar-refractivity contribution in [2.24, 2.45) is 11.7 Å². The van der Waals surface area contributed by atoms with E-state index in [0.717, 1.165) is 74.4 Å². The highest BCUT2D eigenvalue weighted by molar-refractivity contribution is 6.05. The van der Waals surface area contributed by atoms with E-state index < -0.39 is 273 Å². The summed E-state index contributed by atoms with van der Waals surface area (Å²) in [6.45, 7) is 6.06. The van der Waals surface area contributed by atoms with Gasteiger partial charge in [-0.15, -0.1) is 0 Å². The number of ketones is 1. The first-order valence-corrected chi connectivity index (χ1v) is 40.7. The number of primary amides is 1. The van der Waals surface area contributed by atoms with Crippen molar-refractivity contribution in [3.05, 3.63) is 65.9 Å². The molecule has 1 aromatic heterocycles. The van der Waals surface area contributed by atoms with Crippen LogP contribution in [0.15, 0.2) is 54.7 Å².